The number of H-pyrrole nitrogens is 1. The Labute approximate surface area is 136 Å². The fourth-order valence-corrected chi connectivity index (χ4v) is 1.82. The van der Waals surface area contributed by atoms with Crippen LogP contribution >= 0.6 is 0 Å². The number of hydrogen-bond acceptors (Lipinski definition) is 6. The number of nitrogens with one attached hydrogen (secondary N) is 2. The maximum Gasteiger partial charge on any atom is 0.328 e. The Morgan fingerprint density at radius 2 is 2.00 bits per heavy atom. The van der Waals surface area contributed by atoms with Gasteiger partial charge in [-0.15, -0.1) is 0 Å². The fourth-order valence-electron chi connectivity index (χ4n) is 1.82. The van der Waals surface area contributed by atoms with Crippen LogP contribution in [0.3, 0.4) is 0 Å². The van der Waals surface area contributed by atoms with E-state index in [1.165, 1.54) is 27.5 Å². The molecule has 126 valence electrons. The molecule has 24 heavy (non-hydrogen) atoms. The molecule has 0 aliphatic rings. The molecule has 9 nitrogen and oxygen atoms in total. The lowest BCUT2D eigenvalue weighted by molar-refractivity contribution is 0.0949. The summed E-state index contributed by atoms with van der Waals surface area (Å²) in [6.45, 7) is 0. The zero-order valence-electron chi connectivity index (χ0n) is 13.3. The van der Waals surface area contributed by atoms with Gasteiger partial charge < -0.3 is 14.5 Å². The van der Waals surface area contributed by atoms with Gasteiger partial charge in [0, 0.05) is 24.7 Å². The van der Waals surface area contributed by atoms with Gasteiger partial charge in [0.05, 0.1) is 20.4 Å². The first-order valence-electron chi connectivity index (χ1n) is 6.82. The van der Waals surface area contributed by atoms with Crippen molar-refractivity contribution in [3.05, 3.63) is 56.4 Å². The smallest absolute Gasteiger partial charge is 0.328 e. The van der Waals surface area contributed by atoms with Gasteiger partial charge in [-0.25, -0.2) is 10.2 Å². The second-order valence-electron chi connectivity index (χ2n) is 4.69. The van der Waals surface area contributed by atoms with Crippen molar-refractivity contribution in [3.8, 4) is 11.5 Å². The Kier molecular flexibility index (Phi) is 5.15. The van der Waals surface area contributed by atoms with Gasteiger partial charge >= 0.3 is 5.69 Å². The van der Waals surface area contributed by atoms with Crippen LogP contribution in [0.4, 0.5) is 0 Å². The van der Waals surface area contributed by atoms with Gasteiger partial charge in [0.1, 0.15) is 17.2 Å². The second kappa shape index (κ2) is 7.27. The van der Waals surface area contributed by atoms with Gasteiger partial charge in [0.2, 0.25) is 0 Å². The van der Waals surface area contributed by atoms with E-state index in [-0.39, 0.29) is 5.69 Å². The summed E-state index contributed by atoms with van der Waals surface area (Å²) in [6, 6.07) is 6.10. The molecular weight excluding hydrogens is 316 g/mol. The lowest BCUT2D eigenvalue weighted by Crippen LogP contribution is -2.35. The number of hydrazone groups is 1. The quantitative estimate of drug-likeness (QED) is 0.584. The first-order chi connectivity index (χ1) is 11.5. The minimum absolute atomic E-state index is 0.179. The van der Waals surface area contributed by atoms with Gasteiger partial charge in [0.15, 0.2) is 0 Å². The molecule has 1 aromatic carbocycles. The van der Waals surface area contributed by atoms with Gasteiger partial charge in [-0.3, -0.25) is 14.2 Å². The van der Waals surface area contributed by atoms with Crippen LogP contribution in [0, 0.1) is 0 Å². The average molecular weight is 332 g/mol. The predicted octanol–water partition coefficient (Wildman–Crippen LogP) is -0.145. The van der Waals surface area contributed by atoms with E-state index in [2.05, 4.69) is 15.5 Å². The molecule has 2 N–H and O–H groups in total. The number of benzene rings is 1. The SMILES string of the molecule is COc1ccc(/C=N\NC(=O)c2cc(=O)n(C)c(=O)[nH]2)c(OC)c1. The third-order valence-electron chi connectivity index (χ3n) is 3.20. The third kappa shape index (κ3) is 3.69. The van der Waals surface area contributed by atoms with Crippen LogP contribution in [0.5, 0.6) is 11.5 Å². The zero-order chi connectivity index (χ0) is 17.7. The van der Waals surface area contributed by atoms with E-state index in [9.17, 15) is 14.4 Å². The predicted molar refractivity (Wildman–Crippen MR) is 86.9 cm³/mol. The first kappa shape index (κ1) is 17.0. The first-order valence-corrected chi connectivity index (χ1v) is 6.82. The number of ether oxygens (including phenoxy) is 2. The monoisotopic (exact) mass is 332 g/mol. The number of aromatic amines is 1. The summed E-state index contributed by atoms with van der Waals surface area (Å²) in [5, 5.41) is 3.79. The van der Waals surface area contributed by atoms with Crippen molar-refractivity contribution in [2.45, 2.75) is 0 Å². The fraction of sp³-hybridized carbons (Fsp3) is 0.200. The minimum atomic E-state index is -0.714. The molecule has 0 unspecified atom stereocenters. The van der Waals surface area contributed by atoms with Crippen LogP contribution in [0.15, 0.2) is 39.0 Å². The van der Waals surface area contributed by atoms with Gasteiger partial charge in [0.25, 0.3) is 11.5 Å². The normalized spacial score (nSPS) is 10.6. The molecule has 2 rings (SSSR count). The van der Waals surface area contributed by atoms with Crippen LogP contribution in [0.2, 0.25) is 0 Å². The van der Waals surface area contributed by atoms with Crippen molar-refractivity contribution >= 4 is 12.1 Å². The maximum atomic E-state index is 11.9. The third-order valence-corrected chi connectivity index (χ3v) is 3.20. The zero-order valence-corrected chi connectivity index (χ0v) is 13.3. The number of carbonyl (C=O) groups is 1. The molecule has 1 heterocycles. The lowest BCUT2D eigenvalue weighted by atomic mass is 10.2. The Bertz CT molecular complexity index is 866. The van der Waals surface area contributed by atoms with E-state index in [4.69, 9.17) is 9.47 Å². The maximum absolute atomic E-state index is 11.9. The molecule has 1 aromatic heterocycles. The molecule has 0 spiro atoms. The van der Waals surface area contributed by atoms with E-state index in [1.807, 2.05) is 0 Å². The van der Waals surface area contributed by atoms with E-state index in [0.29, 0.717) is 17.1 Å². The molecule has 0 fully saturated rings. The number of amides is 1. The minimum Gasteiger partial charge on any atom is -0.497 e. The Balaban J connectivity index is 2.16. The standard InChI is InChI=1S/C15H16N4O5/c1-19-13(20)7-11(17-15(19)22)14(21)18-16-8-9-4-5-10(23-2)6-12(9)24-3/h4-8H,1-3H3,(H,17,22)(H,18,21)/b16-8-. The lowest BCUT2D eigenvalue weighted by Gasteiger charge is -2.07. The molecule has 0 aliphatic heterocycles. The highest BCUT2D eigenvalue weighted by Crippen LogP contribution is 2.22. The summed E-state index contributed by atoms with van der Waals surface area (Å²) in [6.07, 6.45) is 1.37. The van der Waals surface area contributed by atoms with Crippen molar-refractivity contribution in [2.24, 2.45) is 12.1 Å². The average Bonchev–Trinajstić information content (AvgIpc) is 2.59. The van der Waals surface area contributed by atoms with Crippen LogP contribution in [-0.4, -0.2) is 35.9 Å². The summed E-state index contributed by atoms with van der Waals surface area (Å²) in [5.74, 6) is 0.411. The summed E-state index contributed by atoms with van der Waals surface area (Å²) in [7, 11) is 4.33. The molecular formula is C15H16N4O5. The molecule has 9 heteroatoms. The Hall–Kier alpha value is -3.36. The molecule has 0 atom stereocenters. The van der Waals surface area contributed by atoms with E-state index >= 15 is 0 Å². The van der Waals surface area contributed by atoms with Crippen molar-refractivity contribution in [1.82, 2.24) is 15.0 Å². The Morgan fingerprint density at radius 3 is 2.62 bits per heavy atom. The molecule has 0 saturated carbocycles. The summed E-state index contributed by atoms with van der Waals surface area (Å²) in [5.41, 5.74) is 1.38. The van der Waals surface area contributed by atoms with Crippen LogP contribution in [-0.2, 0) is 7.05 Å². The highest BCUT2D eigenvalue weighted by molar-refractivity contribution is 5.93. The second-order valence-corrected chi connectivity index (χ2v) is 4.69. The highest BCUT2D eigenvalue weighted by atomic mass is 16.5. The molecule has 2 aromatic rings. The van der Waals surface area contributed by atoms with E-state index < -0.39 is 17.2 Å². The summed E-state index contributed by atoms with van der Waals surface area (Å²) >= 11 is 0. The number of rotatable bonds is 5. The topological polar surface area (TPSA) is 115 Å². The van der Waals surface area contributed by atoms with Crippen molar-refractivity contribution < 1.29 is 14.3 Å². The van der Waals surface area contributed by atoms with Gasteiger partial charge in [-0.2, -0.15) is 5.10 Å². The number of aromatic nitrogens is 2. The largest absolute Gasteiger partial charge is 0.497 e. The Morgan fingerprint density at radius 1 is 1.25 bits per heavy atom. The molecule has 0 bridgehead atoms. The molecule has 0 radical (unpaired) electrons. The molecule has 1 amide bonds. The number of hydrogen-bond donors (Lipinski definition) is 2. The highest BCUT2D eigenvalue weighted by Gasteiger charge is 2.09. The number of carbonyl (C=O) groups excluding carboxylic acids is 1. The molecule has 0 aliphatic carbocycles. The van der Waals surface area contributed by atoms with Crippen molar-refractivity contribution in [2.75, 3.05) is 14.2 Å². The van der Waals surface area contributed by atoms with E-state index in [1.54, 1.807) is 18.2 Å². The van der Waals surface area contributed by atoms with Crippen LogP contribution in [0.25, 0.3) is 0 Å². The molecule has 0 saturated heterocycles. The van der Waals surface area contributed by atoms with Gasteiger partial charge in [-0.1, -0.05) is 0 Å². The number of methoxy groups -OCH3 is 2. The van der Waals surface area contributed by atoms with Gasteiger partial charge in [-0.05, 0) is 12.1 Å². The van der Waals surface area contributed by atoms with Crippen molar-refractivity contribution in [3.63, 3.8) is 0 Å². The van der Waals surface area contributed by atoms with Crippen molar-refractivity contribution in [1.29, 1.82) is 0 Å². The van der Waals surface area contributed by atoms with Crippen LogP contribution < -0.4 is 26.1 Å². The summed E-state index contributed by atoms with van der Waals surface area (Å²) < 4.78 is 11.1. The summed E-state index contributed by atoms with van der Waals surface area (Å²) in [4.78, 5) is 37.2. The van der Waals surface area contributed by atoms with E-state index in [0.717, 1.165) is 10.6 Å². The number of nitrogens with zero attached hydrogens (tertiary/aromatic N) is 2. The van der Waals surface area contributed by atoms with Crippen LogP contribution in [0.1, 0.15) is 16.1 Å².